The van der Waals surface area contributed by atoms with Gasteiger partial charge in [-0.25, -0.2) is 28.3 Å². The van der Waals surface area contributed by atoms with Gasteiger partial charge in [0, 0.05) is 94.6 Å². The minimum absolute atomic E-state index is 0.000808. The van der Waals surface area contributed by atoms with Crippen LogP contribution in [0.4, 0.5) is 8.78 Å². The van der Waals surface area contributed by atoms with Crippen molar-refractivity contribution in [3.63, 3.8) is 0 Å². The molecule has 2 N–H and O–H groups in total. The molecular weight excluding hydrogens is 889 g/mol. The highest BCUT2D eigenvalue weighted by Crippen LogP contribution is 2.39. The van der Waals surface area contributed by atoms with Gasteiger partial charge < -0.3 is 29.6 Å². The number of halogens is 5. The summed E-state index contributed by atoms with van der Waals surface area (Å²) in [5.41, 5.74) is 2.92. The van der Waals surface area contributed by atoms with Crippen molar-refractivity contribution in [1.82, 2.24) is 30.4 Å². The van der Waals surface area contributed by atoms with Crippen LogP contribution in [0.15, 0.2) is 98.8 Å². The second-order valence-electron chi connectivity index (χ2n) is 14.1. The maximum absolute atomic E-state index is 14.5. The fourth-order valence-corrected chi connectivity index (χ4v) is 8.50. The highest BCUT2D eigenvalue weighted by molar-refractivity contribution is 7.11. The molecule has 0 spiro atoms. The molecule has 14 nitrogen and oxygen atoms in total. The summed E-state index contributed by atoms with van der Waals surface area (Å²) in [5, 5.41) is 10.1. The third kappa shape index (κ3) is 10.7. The standard InChI is InChI=1S/C22H21ClF2N4O3.C20H20Cl2N4O3S/c1-31-22(30)18-17(12-29-7-9-32-10-8-29)27-21(20-16(25)3-2-6-26-20)28-19(18)14-5-4-13(24)11-15(14)23;1-28-20(27)16-15(11-26-5-7-29-8-6-26)24-18(19-23-4-9-30-19)25-17(16)13-3-2-12(21)10-14(13)22/h2-6,11,19H,7-10,12H2,1H3,(H,27,28);2-4,9-10,17H,5-8,11H2,1H3,(H,24,25). The van der Waals surface area contributed by atoms with Gasteiger partial charge in [0.1, 0.15) is 23.6 Å². The van der Waals surface area contributed by atoms with Crippen LogP contribution in [0.3, 0.4) is 0 Å². The number of pyridine rings is 1. The molecule has 2 fully saturated rings. The molecule has 8 rings (SSSR count). The Labute approximate surface area is 375 Å². The Hall–Kier alpha value is -4.85. The maximum atomic E-state index is 14.5. The molecule has 2 saturated heterocycles. The van der Waals surface area contributed by atoms with Gasteiger partial charge in [-0.3, -0.25) is 19.8 Å². The van der Waals surface area contributed by atoms with Gasteiger partial charge in [-0.05, 0) is 36.4 Å². The zero-order valence-electron chi connectivity index (χ0n) is 33.5. The Balaban J connectivity index is 0.000000187. The first-order valence-electron chi connectivity index (χ1n) is 19.4. The molecule has 2 aromatic carbocycles. The number of methoxy groups -OCH3 is 2. The third-order valence-electron chi connectivity index (χ3n) is 10.2. The smallest absolute Gasteiger partial charge is 0.338 e. The minimum Gasteiger partial charge on any atom is -0.466 e. The molecule has 2 atom stereocenters. The van der Waals surface area contributed by atoms with Crippen LogP contribution in [-0.4, -0.2) is 123 Å². The number of aromatic nitrogens is 2. The summed E-state index contributed by atoms with van der Waals surface area (Å²) < 4.78 is 49.3. The van der Waals surface area contributed by atoms with Gasteiger partial charge in [0.05, 0.1) is 51.8 Å². The second-order valence-corrected chi connectivity index (χ2v) is 16.2. The van der Waals surface area contributed by atoms with Gasteiger partial charge in [0.2, 0.25) is 0 Å². The largest absolute Gasteiger partial charge is 0.466 e. The topological polar surface area (TPSA) is 152 Å². The fraction of sp³-hybridized carbons (Fsp3) is 0.333. The molecule has 4 aliphatic heterocycles. The summed E-state index contributed by atoms with van der Waals surface area (Å²) in [5.74, 6) is -1.43. The Morgan fingerprint density at radius 3 is 1.82 bits per heavy atom. The molecule has 2 unspecified atom stereocenters. The molecule has 6 heterocycles. The van der Waals surface area contributed by atoms with Crippen molar-refractivity contribution in [2.24, 2.45) is 9.98 Å². The highest BCUT2D eigenvalue weighted by Gasteiger charge is 2.36. The Morgan fingerprint density at radius 2 is 1.31 bits per heavy atom. The summed E-state index contributed by atoms with van der Waals surface area (Å²) >= 11 is 20.4. The van der Waals surface area contributed by atoms with Crippen molar-refractivity contribution in [3.8, 4) is 0 Å². The van der Waals surface area contributed by atoms with E-state index in [1.807, 2.05) is 5.38 Å². The summed E-state index contributed by atoms with van der Waals surface area (Å²) in [6, 6.07) is 10.2. The molecule has 62 heavy (non-hydrogen) atoms. The van der Waals surface area contributed by atoms with Gasteiger partial charge in [-0.15, -0.1) is 11.3 Å². The van der Waals surface area contributed by atoms with Crippen molar-refractivity contribution in [3.05, 3.63) is 137 Å². The van der Waals surface area contributed by atoms with E-state index in [2.05, 4.69) is 35.4 Å². The molecule has 0 radical (unpaired) electrons. The van der Waals surface area contributed by atoms with E-state index in [1.165, 1.54) is 56.0 Å². The molecular formula is C42H41Cl3F2N8O6S. The average Bonchev–Trinajstić information content (AvgIpc) is 3.82. The van der Waals surface area contributed by atoms with Crippen LogP contribution >= 0.6 is 46.1 Å². The number of carbonyl (C=O) groups excluding carboxylic acids is 2. The second kappa shape index (κ2) is 21.0. The summed E-state index contributed by atoms with van der Waals surface area (Å²) in [6.45, 7) is 6.16. The van der Waals surface area contributed by atoms with Crippen LogP contribution in [0.1, 0.15) is 33.9 Å². The van der Waals surface area contributed by atoms with Gasteiger partial charge in [-0.1, -0.05) is 46.9 Å². The summed E-state index contributed by atoms with van der Waals surface area (Å²) in [6.07, 6.45) is 3.17. The number of esters is 2. The van der Waals surface area contributed by atoms with E-state index in [9.17, 15) is 18.4 Å². The molecule has 2 aromatic heterocycles. The van der Waals surface area contributed by atoms with Crippen molar-refractivity contribution < 1.29 is 37.3 Å². The first-order valence-corrected chi connectivity index (χ1v) is 21.4. The lowest BCUT2D eigenvalue weighted by Gasteiger charge is -2.32. The lowest BCUT2D eigenvalue weighted by Crippen LogP contribution is -2.43. The number of thiazole rings is 1. The van der Waals surface area contributed by atoms with E-state index >= 15 is 0 Å². The molecule has 0 aliphatic carbocycles. The number of nitrogens with one attached hydrogen (secondary N) is 2. The Morgan fingerprint density at radius 1 is 0.758 bits per heavy atom. The van der Waals surface area contributed by atoms with E-state index in [0.717, 1.165) is 29.9 Å². The number of ether oxygens (including phenoxy) is 4. The van der Waals surface area contributed by atoms with Crippen molar-refractivity contribution in [2.45, 2.75) is 12.1 Å². The average molecular weight is 930 g/mol. The quantitative estimate of drug-likeness (QED) is 0.175. The molecule has 0 bridgehead atoms. The monoisotopic (exact) mass is 928 g/mol. The SMILES string of the molecule is COC(=O)C1=C(CN2CCOCC2)NC(c2ncccc2F)=NC1c1ccc(F)cc1Cl.COC(=O)C1=C(CN2CCOCC2)NC(c2nccs2)=NC1c1ccc(Cl)cc1Cl. The van der Waals surface area contributed by atoms with Gasteiger partial charge in [0.25, 0.3) is 0 Å². The van der Waals surface area contributed by atoms with Crippen LogP contribution < -0.4 is 10.6 Å². The van der Waals surface area contributed by atoms with E-state index in [-0.39, 0.29) is 22.1 Å². The summed E-state index contributed by atoms with van der Waals surface area (Å²) in [7, 11) is 2.63. The lowest BCUT2D eigenvalue weighted by molar-refractivity contribution is -0.137. The first kappa shape index (κ1) is 45.2. The Bertz CT molecular complexity index is 2410. The lowest BCUT2D eigenvalue weighted by atomic mass is 9.94. The number of carbonyl (C=O) groups is 2. The Kier molecular flexibility index (Phi) is 15.3. The third-order valence-corrected chi connectivity index (χ3v) is 11.8. The number of hydrogen-bond donors (Lipinski definition) is 2. The van der Waals surface area contributed by atoms with E-state index in [1.54, 1.807) is 24.4 Å². The van der Waals surface area contributed by atoms with E-state index in [4.69, 9.17) is 58.7 Å². The molecule has 4 aromatic rings. The van der Waals surface area contributed by atoms with Gasteiger partial charge in [-0.2, -0.15) is 0 Å². The van der Waals surface area contributed by atoms with Gasteiger partial charge >= 0.3 is 11.9 Å². The molecule has 4 aliphatic rings. The predicted octanol–water partition coefficient (Wildman–Crippen LogP) is 6.16. The molecule has 0 amide bonds. The molecule has 20 heteroatoms. The number of benzene rings is 2. The molecule has 0 saturated carbocycles. The molecule has 326 valence electrons. The fourth-order valence-electron chi connectivity index (χ4n) is 7.13. The zero-order valence-corrected chi connectivity index (χ0v) is 36.6. The van der Waals surface area contributed by atoms with Crippen molar-refractivity contribution in [1.29, 1.82) is 0 Å². The minimum atomic E-state index is -0.941. The van der Waals surface area contributed by atoms with Crippen LogP contribution in [0.25, 0.3) is 0 Å². The van der Waals surface area contributed by atoms with Crippen LogP contribution in [0.5, 0.6) is 0 Å². The number of aliphatic imine (C=N–C) groups is 2. The van der Waals surface area contributed by atoms with Crippen molar-refractivity contribution >= 4 is 69.7 Å². The van der Waals surface area contributed by atoms with Crippen LogP contribution in [0.2, 0.25) is 15.1 Å². The number of amidine groups is 2. The van der Waals surface area contributed by atoms with Crippen LogP contribution in [0, 0.1) is 11.6 Å². The number of morpholine rings is 2. The highest BCUT2D eigenvalue weighted by atomic mass is 35.5. The zero-order chi connectivity index (χ0) is 43.8. The predicted molar refractivity (Wildman–Crippen MR) is 232 cm³/mol. The van der Waals surface area contributed by atoms with Crippen molar-refractivity contribution in [2.75, 3.05) is 79.9 Å². The van der Waals surface area contributed by atoms with E-state index in [0.29, 0.717) is 90.9 Å². The number of hydrogen-bond acceptors (Lipinski definition) is 15. The maximum Gasteiger partial charge on any atom is 0.338 e. The van der Waals surface area contributed by atoms with E-state index < -0.39 is 35.7 Å². The number of rotatable bonds is 10. The summed E-state index contributed by atoms with van der Waals surface area (Å²) in [4.78, 5) is 47.9. The first-order chi connectivity index (χ1) is 30.0. The normalized spacial score (nSPS) is 19.7. The van der Waals surface area contributed by atoms with Gasteiger partial charge in [0.15, 0.2) is 22.5 Å². The number of nitrogens with zero attached hydrogens (tertiary/aromatic N) is 6. The van der Waals surface area contributed by atoms with Crippen LogP contribution in [-0.2, 0) is 28.5 Å².